The Hall–Kier alpha value is -2.37. The summed E-state index contributed by atoms with van der Waals surface area (Å²) >= 11 is 0. The Balaban J connectivity index is 1.55. The van der Waals surface area contributed by atoms with Crippen molar-refractivity contribution in [2.24, 2.45) is 5.92 Å². The van der Waals surface area contributed by atoms with Crippen LogP contribution >= 0.6 is 0 Å². The minimum absolute atomic E-state index is 0.0887. The van der Waals surface area contributed by atoms with E-state index in [0.29, 0.717) is 12.5 Å². The molecule has 0 saturated carbocycles. The maximum absolute atomic E-state index is 12.4. The smallest absolute Gasteiger partial charge is 0.315 e. The van der Waals surface area contributed by atoms with Gasteiger partial charge in [-0.05, 0) is 25.2 Å². The zero-order chi connectivity index (χ0) is 19.1. The van der Waals surface area contributed by atoms with Crippen LogP contribution in [0.3, 0.4) is 0 Å². The second kappa shape index (κ2) is 9.53. The molecule has 1 fully saturated rings. The van der Waals surface area contributed by atoms with Gasteiger partial charge >= 0.3 is 6.03 Å². The third-order valence-corrected chi connectivity index (χ3v) is 4.98. The number of hydrogen-bond acceptors (Lipinski definition) is 3. The van der Waals surface area contributed by atoms with Gasteiger partial charge < -0.3 is 15.5 Å². The van der Waals surface area contributed by atoms with Crippen molar-refractivity contribution in [1.29, 1.82) is 0 Å². The third-order valence-electron chi connectivity index (χ3n) is 4.98. The number of carbonyl (C=O) groups excluding carboxylic acids is 1. The number of nitrogens with one attached hydrogen (secondary N) is 2. The summed E-state index contributed by atoms with van der Waals surface area (Å²) in [5.41, 5.74) is 2.42. The fourth-order valence-electron chi connectivity index (χ4n) is 3.75. The Labute approximate surface area is 162 Å². The molecule has 3 rings (SSSR count). The van der Waals surface area contributed by atoms with Crippen LogP contribution in [0.15, 0.2) is 60.7 Å². The normalized spacial score (nSPS) is 20.0. The Morgan fingerprint density at radius 1 is 1.00 bits per heavy atom. The van der Waals surface area contributed by atoms with Gasteiger partial charge in [0.05, 0.1) is 0 Å². The lowest BCUT2D eigenvalue weighted by atomic mass is 10.0. The van der Waals surface area contributed by atoms with Gasteiger partial charge in [0.25, 0.3) is 0 Å². The highest BCUT2D eigenvalue weighted by molar-refractivity contribution is 5.74. The lowest BCUT2D eigenvalue weighted by molar-refractivity contribution is 0.230. The number of carbonyl (C=O) groups is 1. The van der Waals surface area contributed by atoms with Crippen molar-refractivity contribution in [2.75, 3.05) is 33.7 Å². The van der Waals surface area contributed by atoms with Crippen LogP contribution in [-0.4, -0.2) is 55.6 Å². The number of urea groups is 1. The molecular weight excluding hydrogens is 336 g/mol. The van der Waals surface area contributed by atoms with Crippen LogP contribution in [0.5, 0.6) is 0 Å². The first-order chi connectivity index (χ1) is 13.1. The number of rotatable bonds is 7. The molecule has 0 spiro atoms. The highest BCUT2D eigenvalue weighted by Crippen LogP contribution is 2.20. The van der Waals surface area contributed by atoms with Crippen molar-refractivity contribution >= 4 is 6.03 Å². The topological polar surface area (TPSA) is 47.6 Å². The van der Waals surface area contributed by atoms with Crippen molar-refractivity contribution in [2.45, 2.75) is 19.1 Å². The largest absolute Gasteiger partial charge is 0.334 e. The van der Waals surface area contributed by atoms with Crippen LogP contribution in [0.4, 0.5) is 4.79 Å². The van der Waals surface area contributed by atoms with Crippen LogP contribution < -0.4 is 10.6 Å². The van der Waals surface area contributed by atoms with E-state index in [4.69, 9.17) is 0 Å². The van der Waals surface area contributed by atoms with Crippen LogP contribution in [0.1, 0.15) is 11.1 Å². The molecule has 2 aromatic rings. The summed E-state index contributed by atoms with van der Waals surface area (Å²) in [7, 11) is 4.18. The number of hydrogen-bond donors (Lipinski definition) is 2. The van der Waals surface area contributed by atoms with E-state index in [9.17, 15) is 4.79 Å². The van der Waals surface area contributed by atoms with Crippen molar-refractivity contribution in [3.8, 4) is 0 Å². The third kappa shape index (κ3) is 6.08. The number of benzene rings is 2. The Bertz CT molecular complexity index is 705. The summed E-state index contributed by atoms with van der Waals surface area (Å²) in [4.78, 5) is 17.1. The van der Waals surface area contributed by atoms with Gasteiger partial charge in [-0.1, -0.05) is 60.7 Å². The minimum Gasteiger partial charge on any atom is -0.334 e. The van der Waals surface area contributed by atoms with E-state index >= 15 is 0 Å². The zero-order valence-electron chi connectivity index (χ0n) is 16.3. The summed E-state index contributed by atoms with van der Waals surface area (Å²) in [5.74, 6) is 0.422. The molecule has 1 aliphatic heterocycles. The monoisotopic (exact) mass is 366 g/mol. The average Bonchev–Trinajstić information content (AvgIpc) is 3.01. The maximum atomic E-state index is 12.4. The summed E-state index contributed by atoms with van der Waals surface area (Å²) in [5, 5.41) is 6.18. The fraction of sp³-hybridized carbons (Fsp3) is 0.409. The van der Waals surface area contributed by atoms with Crippen molar-refractivity contribution < 1.29 is 4.79 Å². The van der Waals surface area contributed by atoms with Crippen molar-refractivity contribution in [3.05, 3.63) is 71.8 Å². The predicted octanol–water partition coefficient (Wildman–Crippen LogP) is 2.55. The van der Waals surface area contributed by atoms with E-state index in [-0.39, 0.29) is 12.1 Å². The SMILES string of the molecule is CN(C)C[C@@H]1CN(Cc2ccccc2)C[C@H]1NC(=O)NCc1ccccc1. The molecule has 27 heavy (non-hydrogen) atoms. The van der Waals surface area contributed by atoms with Crippen LogP contribution in [0.2, 0.25) is 0 Å². The molecule has 0 aliphatic carbocycles. The van der Waals surface area contributed by atoms with Gasteiger partial charge in [-0.2, -0.15) is 0 Å². The molecule has 144 valence electrons. The number of nitrogens with zero attached hydrogens (tertiary/aromatic N) is 2. The fourth-order valence-corrected chi connectivity index (χ4v) is 3.75. The van der Waals surface area contributed by atoms with Gasteiger partial charge in [0, 0.05) is 44.7 Å². The molecule has 2 amide bonds. The quantitative estimate of drug-likeness (QED) is 0.792. The average molecular weight is 367 g/mol. The lowest BCUT2D eigenvalue weighted by Gasteiger charge is -2.23. The van der Waals surface area contributed by atoms with Gasteiger partial charge in [-0.15, -0.1) is 0 Å². The van der Waals surface area contributed by atoms with E-state index in [1.165, 1.54) is 5.56 Å². The van der Waals surface area contributed by atoms with E-state index < -0.39 is 0 Å². The molecule has 0 aromatic heterocycles. The lowest BCUT2D eigenvalue weighted by Crippen LogP contribution is -2.47. The Morgan fingerprint density at radius 2 is 1.63 bits per heavy atom. The molecule has 0 bridgehead atoms. The standard InChI is InChI=1S/C22H30N4O/c1-25(2)15-20-16-26(14-19-11-7-4-8-12-19)17-21(20)24-22(27)23-13-18-9-5-3-6-10-18/h3-12,20-21H,13-17H2,1-2H3,(H2,23,24,27)/t20-,21-/m1/s1. The zero-order valence-corrected chi connectivity index (χ0v) is 16.3. The summed E-state index contributed by atoms with van der Waals surface area (Å²) in [6.07, 6.45) is 0. The molecule has 1 heterocycles. The summed E-state index contributed by atoms with van der Waals surface area (Å²) in [6.45, 7) is 4.32. The first-order valence-corrected chi connectivity index (χ1v) is 9.59. The molecule has 1 saturated heterocycles. The van der Waals surface area contributed by atoms with Crippen LogP contribution in [-0.2, 0) is 13.1 Å². The highest BCUT2D eigenvalue weighted by Gasteiger charge is 2.33. The van der Waals surface area contributed by atoms with Crippen LogP contribution in [0.25, 0.3) is 0 Å². The van der Waals surface area contributed by atoms with Gasteiger partial charge in [0.15, 0.2) is 0 Å². The molecule has 2 N–H and O–H groups in total. The summed E-state index contributed by atoms with van der Waals surface area (Å²) in [6, 6.07) is 20.6. The molecular formula is C22H30N4O. The summed E-state index contributed by atoms with van der Waals surface area (Å²) < 4.78 is 0. The van der Waals surface area contributed by atoms with E-state index in [2.05, 4.69) is 58.8 Å². The molecule has 1 aliphatic rings. The molecule has 2 atom stereocenters. The Morgan fingerprint density at radius 3 is 2.26 bits per heavy atom. The van der Waals surface area contributed by atoms with Gasteiger partial charge in [-0.3, -0.25) is 4.90 Å². The number of amides is 2. The van der Waals surface area contributed by atoms with Crippen LogP contribution in [0, 0.1) is 5.92 Å². The molecule has 0 radical (unpaired) electrons. The second-order valence-corrected chi connectivity index (χ2v) is 7.62. The first kappa shape index (κ1) is 19.4. The number of likely N-dealkylation sites (tertiary alicyclic amines) is 1. The van der Waals surface area contributed by atoms with Gasteiger partial charge in [0.2, 0.25) is 0 Å². The van der Waals surface area contributed by atoms with Crippen molar-refractivity contribution in [3.63, 3.8) is 0 Å². The highest BCUT2D eigenvalue weighted by atomic mass is 16.2. The second-order valence-electron chi connectivity index (χ2n) is 7.62. The van der Waals surface area contributed by atoms with Gasteiger partial charge in [-0.25, -0.2) is 4.79 Å². The van der Waals surface area contributed by atoms with E-state index in [0.717, 1.165) is 31.7 Å². The predicted molar refractivity (Wildman–Crippen MR) is 109 cm³/mol. The molecule has 0 unspecified atom stereocenters. The first-order valence-electron chi connectivity index (χ1n) is 9.59. The van der Waals surface area contributed by atoms with Gasteiger partial charge in [0.1, 0.15) is 0 Å². The Kier molecular flexibility index (Phi) is 6.85. The molecule has 5 heteroatoms. The molecule has 2 aromatic carbocycles. The maximum Gasteiger partial charge on any atom is 0.315 e. The van der Waals surface area contributed by atoms with Crippen molar-refractivity contribution in [1.82, 2.24) is 20.4 Å². The molecule has 5 nitrogen and oxygen atoms in total. The van der Waals surface area contributed by atoms with E-state index in [1.807, 2.05) is 36.4 Å². The van der Waals surface area contributed by atoms with E-state index in [1.54, 1.807) is 0 Å². The minimum atomic E-state index is -0.0887.